The molecule has 0 atom stereocenters. The topological polar surface area (TPSA) is 90.0 Å². The number of nitrogens with zero attached hydrogens (tertiary/aromatic N) is 2. The lowest BCUT2D eigenvalue weighted by molar-refractivity contribution is 0.574. The molecule has 1 heterocycles. The molecule has 3 N–H and O–H groups in total. The molecule has 8 heteroatoms. The Morgan fingerprint density at radius 1 is 1.38 bits per heavy atom. The summed E-state index contributed by atoms with van der Waals surface area (Å²) in [4.78, 5) is 4.88. The molecule has 2 rings (SSSR count). The molecule has 0 aliphatic heterocycles. The van der Waals surface area contributed by atoms with Crippen LogP contribution in [0.5, 0.6) is 0 Å². The van der Waals surface area contributed by atoms with Crippen molar-refractivity contribution in [2.24, 2.45) is 0 Å². The van der Waals surface area contributed by atoms with E-state index in [1.54, 1.807) is 24.8 Å². The first kappa shape index (κ1) is 15.9. The van der Waals surface area contributed by atoms with Crippen LogP contribution in [0.2, 0.25) is 0 Å². The van der Waals surface area contributed by atoms with Gasteiger partial charge >= 0.3 is 0 Å². The fourth-order valence-electron chi connectivity index (χ4n) is 1.69. The number of nitrogens with one attached hydrogen (secondary N) is 1. The average molecular weight is 326 g/mol. The molecule has 0 aliphatic rings. The summed E-state index contributed by atoms with van der Waals surface area (Å²) in [5.74, 6) is 0.570. The maximum Gasteiger partial charge on any atom is 0.212 e. The number of nitrogen functional groups attached to an aromatic ring is 1. The SMILES string of the molecule is Nc1cccc(SCCS(=O)(=O)NCCn2ccnc2)c1. The molecule has 1 aromatic heterocycles. The van der Waals surface area contributed by atoms with E-state index in [1.807, 2.05) is 22.8 Å². The van der Waals surface area contributed by atoms with E-state index in [-0.39, 0.29) is 5.75 Å². The van der Waals surface area contributed by atoms with E-state index in [4.69, 9.17) is 5.73 Å². The monoisotopic (exact) mass is 326 g/mol. The minimum absolute atomic E-state index is 0.0798. The molecule has 0 saturated carbocycles. The summed E-state index contributed by atoms with van der Waals surface area (Å²) >= 11 is 1.48. The third-order valence-corrected chi connectivity index (χ3v) is 5.37. The Morgan fingerprint density at radius 3 is 2.95 bits per heavy atom. The fraction of sp³-hybridized carbons (Fsp3) is 0.308. The Balaban J connectivity index is 1.71. The van der Waals surface area contributed by atoms with E-state index in [9.17, 15) is 8.42 Å². The van der Waals surface area contributed by atoms with Gasteiger partial charge in [-0.25, -0.2) is 18.1 Å². The number of imidazole rings is 1. The van der Waals surface area contributed by atoms with Crippen LogP contribution in [0.15, 0.2) is 47.9 Å². The predicted octanol–water partition coefficient (Wildman–Crippen LogP) is 1.18. The van der Waals surface area contributed by atoms with Gasteiger partial charge in [0.25, 0.3) is 0 Å². The van der Waals surface area contributed by atoms with Gasteiger partial charge in [-0.15, -0.1) is 11.8 Å². The molecule has 0 unspecified atom stereocenters. The van der Waals surface area contributed by atoms with Gasteiger partial charge in [0.1, 0.15) is 0 Å². The number of thioether (sulfide) groups is 1. The summed E-state index contributed by atoms with van der Waals surface area (Å²) in [7, 11) is -3.25. The van der Waals surface area contributed by atoms with E-state index in [1.165, 1.54) is 11.8 Å². The minimum Gasteiger partial charge on any atom is -0.399 e. The number of sulfonamides is 1. The van der Waals surface area contributed by atoms with Crippen molar-refractivity contribution in [2.75, 3.05) is 23.8 Å². The van der Waals surface area contributed by atoms with Crippen molar-refractivity contribution in [3.05, 3.63) is 43.0 Å². The lowest BCUT2D eigenvalue weighted by Gasteiger charge is -2.07. The molecule has 21 heavy (non-hydrogen) atoms. The molecule has 1 aromatic carbocycles. The number of hydrogen-bond acceptors (Lipinski definition) is 5. The van der Waals surface area contributed by atoms with Gasteiger partial charge in [0.05, 0.1) is 12.1 Å². The van der Waals surface area contributed by atoms with Crippen molar-refractivity contribution in [1.29, 1.82) is 0 Å². The zero-order chi connectivity index (χ0) is 15.1. The molecule has 6 nitrogen and oxygen atoms in total. The third kappa shape index (κ3) is 5.78. The van der Waals surface area contributed by atoms with Crippen LogP contribution in [0.3, 0.4) is 0 Å². The van der Waals surface area contributed by atoms with E-state index in [0.717, 1.165) is 4.90 Å². The highest BCUT2D eigenvalue weighted by molar-refractivity contribution is 8.00. The number of benzene rings is 1. The van der Waals surface area contributed by atoms with E-state index in [0.29, 0.717) is 24.5 Å². The molecule has 114 valence electrons. The van der Waals surface area contributed by atoms with Crippen LogP contribution in [-0.2, 0) is 16.6 Å². The van der Waals surface area contributed by atoms with Gasteiger partial charge in [-0.2, -0.15) is 0 Å². The standard InChI is InChI=1S/C13H18N4O2S2/c14-12-2-1-3-13(10-12)20-8-9-21(18,19)16-5-7-17-6-4-15-11-17/h1-4,6,10-11,16H,5,7-9,14H2. The second kappa shape index (κ2) is 7.48. The molecule has 0 fully saturated rings. The fourth-order valence-corrected chi connectivity index (χ4v) is 4.08. The Hall–Kier alpha value is -1.51. The van der Waals surface area contributed by atoms with Crippen LogP contribution in [0.25, 0.3) is 0 Å². The first-order valence-electron chi connectivity index (χ1n) is 6.46. The first-order valence-corrected chi connectivity index (χ1v) is 9.10. The second-order valence-corrected chi connectivity index (χ2v) is 7.53. The number of nitrogens with two attached hydrogens (primary N) is 1. The molecular weight excluding hydrogens is 308 g/mol. The Kier molecular flexibility index (Phi) is 5.66. The number of hydrogen-bond donors (Lipinski definition) is 2. The Bertz CT molecular complexity index is 657. The second-order valence-electron chi connectivity index (χ2n) is 4.43. The van der Waals surface area contributed by atoms with Gasteiger partial charge in [0, 0.05) is 41.8 Å². The molecular formula is C13H18N4O2S2. The van der Waals surface area contributed by atoms with E-state index < -0.39 is 10.0 Å². The van der Waals surface area contributed by atoms with Crippen molar-refractivity contribution in [2.45, 2.75) is 11.4 Å². The van der Waals surface area contributed by atoms with Crippen molar-refractivity contribution in [3.8, 4) is 0 Å². The summed E-state index contributed by atoms with van der Waals surface area (Å²) < 4.78 is 28.1. The van der Waals surface area contributed by atoms with Crippen molar-refractivity contribution in [1.82, 2.24) is 14.3 Å². The van der Waals surface area contributed by atoms with Crippen LogP contribution in [-0.4, -0.2) is 36.0 Å². The van der Waals surface area contributed by atoms with E-state index >= 15 is 0 Å². The Morgan fingerprint density at radius 2 is 2.24 bits per heavy atom. The van der Waals surface area contributed by atoms with Crippen LogP contribution in [0.1, 0.15) is 0 Å². The third-order valence-electron chi connectivity index (χ3n) is 2.73. The van der Waals surface area contributed by atoms with Gasteiger partial charge in [-0.1, -0.05) is 6.07 Å². The lowest BCUT2D eigenvalue weighted by atomic mass is 10.3. The predicted molar refractivity (Wildman–Crippen MR) is 85.6 cm³/mol. The number of rotatable bonds is 8. The normalized spacial score (nSPS) is 11.6. The van der Waals surface area contributed by atoms with Gasteiger partial charge in [0.15, 0.2) is 0 Å². The lowest BCUT2D eigenvalue weighted by Crippen LogP contribution is -2.30. The zero-order valence-electron chi connectivity index (χ0n) is 11.5. The highest BCUT2D eigenvalue weighted by Gasteiger charge is 2.09. The highest BCUT2D eigenvalue weighted by Crippen LogP contribution is 2.20. The molecule has 2 aromatic rings. The number of aromatic nitrogens is 2. The van der Waals surface area contributed by atoms with Gasteiger partial charge in [-0.05, 0) is 18.2 Å². The summed E-state index contributed by atoms with van der Waals surface area (Å²) in [6.07, 6.45) is 5.12. The minimum atomic E-state index is -3.25. The van der Waals surface area contributed by atoms with Crippen molar-refractivity contribution < 1.29 is 8.42 Å². The maximum absolute atomic E-state index is 11.8. The highest BCUT2D eigenvalue weighted by atomic mass is 32.2. The van der Waals surface area contributed by atoms with Gasteiger partial charge < -0.3 is 10.3 Å². The quantitative estimate of drug-likeness (QED) is 0.561. The van der Waals surface area contributed by atoms with Crippen molar-refractivity contribution >= 4 is 27.5 Å². The zero-order valence-corrected chi connectivity index (χ0v) is 13.1. The van der Waals surface area contributed by atoms with Crippen LogP contribution in [0, 0.1) is 0 Å². The largest absolute Gasteiger partial charge is 0.399 e. The maximum atomic E-state index is 11.8. The molecule has 0 aliphatic carbocycles. The molecule has 0 bridgehead atoms. The van der Waals surface area contributed by atoms with Crippen LogP contribution in [0.4, 0.5) is 5.69 Å². The summed E-state index contributed by atoms with van der Waals surface area (Å²) in [6, 6.07) is 7.41. The van der Waals surface area contributed by atoms with Crippen LogP contribution < -0.4 is 10.5 Å². The molecule has 0 spiro atoms. The van der Waals surface area contributed by atoms with Gasteiger partial charge in [-0.3, -0.25) is 0 Å². The smallest absolute Gasteiger partial charge is 0.212 e. The molecule has 0 saturated heterocycles. The van der Waals surface area contributed by atoms with Gasteiger partial charge in [0.2, 0.25) is 10.0 Å². The van der Waals surface area contributed by atoms with Crippen LogP contribution >= 0.6 is 11.8 Å². The summed E-state index contributed by atoms with van der Waals surface area (Å²) in [5, 5.41) is 0. The van der Waals surface area contributed by atoms with E-state index in [2.05, 4.69) is 9.71 Å². The summed E-state index contributed by atoms with van der Waals surface area (Å²) in [5.41, 5.74) is 6.36. The molecule has 0 radical (unpaired) electrons. The van der Waals surface area contributed by atoms with Crippen molar-refractivity contribution in [3.63, 3.8) is 0 Å². The molecule has 0 amide bonds. The first-order chi connectivity index (χ1) is 10.1. The number of anilines is 1. The average Bonchev–Trinajstić information content (AvgIpc) is 2.91. The Labute approximate surface area is 128 Å². The summed E-state index contributed by atoms with van der Waals surface area (Å²) in [6.45, 7) is 0.934.